The molecule has 1 fully saturated rings. The number of aromatic nitrogens is 1. The van der Waals surface area contributed by atoms with Crippen LogP contribution < -0.4 is 14.8 Å². The van der Waals surface area contributed by atoms with E-state index in [1.165, 1.54) is 0 Å². The predicted octanol–water partition coefficient (Wildman–Crippen LogP) is 4.73. The van der Waals surface area contributed by atoms with Gasteiger partial charge in [0.25, 0.3) is 5.91 Å². The van der Waals surface area contributed by atoms with Crippen molar-refractivity contribution in [2.24, 2.45) is 5.92 Å². The van der Waals surface area contributed by atoms with E-state index in [1.54, 1.807) is 11.3 Å². The van der Waals surface area contributed by atoms with Crippen molar-refractivity contribution >= 4 is 33.4 Å². The van der Waals surface area contributed by atoms with Gasteiger partial charge in [0.15, 0.2) is 11.5 Å². The highest BCUT2D eigenvalue weighted by Crippen LogP contribution is 2.29. The van der Waals surface area contributed by atoms with Gasteiger partial charge in [-0.2, -0.15) is 0 Å². The zero-order chi connectivity index (χ0) is 24.8. The number of nitrogens with zero attached hydrogens (tertiary/aromatic N) is 2. The van der Waals surface area contributed by atoms with Gasteiger partial charge in [0.05, 0.1) is 29.3 Å². The lowest BCUT2D eigenvalue weighted by molar-refractivity contribution is -0.126. The number of carbonyl (C=O) groups is 2. The molecule has 0 aliphatic carbocycles. The average Bonchev–Trinajstić information content (AvgIpc) is 3.46. The van der Waals surface area contributed by atoms with Crippen LogP contribution >= 0.6 is 11.3 Å². The molecule has 1 aromatic carbocycles. The number of nitrogens with one attached hydrogen (secondary N) is 1. The van der Waals surface area contributed by atoms with Gasteiger partial charge in [0.1, 0.15) is 5.69 Å². The summed E-state index contributed by atoms with van der Waals surface area (Å²) in [5.74, 6) is 1.33. The number of hydrogen-bond acceptors (Lipinski definition) is 5. The molecule has 8 heteroatoms. The molecule has 0 radical (unpaired) electrons. The number of aryl methyl sites for hydroxylation is 1. The van der Waals surface area contributed by atoms with E-state index in [4.69, 9.17) is 9.47 Å². The summed E-state index contributed by atoms with van der Waals surface area (Å²) in [5.41, 5.74) is 2.91. The molecule has 2 aromatic heterocycles. The topological polar surface area (TPSA) is 72.8 Å². The molecule has 0 unspecified atom stereocenters. The Morgan fingerprint density at radius 2 is 1.89 bits per heavy atom. The summed E-state index contributed by atoms with van der Waals surface area (Å²) in [6.45, 7) is 9.54. The molecule has 1 saturated heterocycles. The van der Waals surface area contributed by atoms with Gasteiger partial charge in [0.2, 0.25) is 5.91 Å². The number of benzene rings is 1. The van der Waals surface area contributed by atoms with Crippen molar-refractivity contribution in [2.75, 3.05) is 32.8 Å². The molecule has 7 nitrogen and oxygen atoms in total. The Kier molecular flexibility index (Phi) is 8.33. The number of thiophene rings is 1. The summed E-state index contributed by atoms with van der Waals surface area (Å²) >= 11 is 1.65. The van der Waals surface area contributed by atoms with E-state index in [0.29, 0.717) is 39.3 Å². The molecule has 0 spiro atoms. The normalized spacial score (nSPS) is 15.9. The number of amides is 2. The molecule has 35 heavy (non-hydrogen) atoms. The smallest absolute Gasteiger partial charge is 0.270 e. The van der Waals surface area contributed by atoms with Crippen LogP contribution in [0.25, 0.3) is 10.2 Å². The lowest BCUT2D eigenvalue weighted by atomic mass is 9.96. The number of rotatable bonds is 10. The fourth-order valence-corrected chi connectivity index (χ4v) is 5.58. The first kappa shape index (κ1) is 25.1. The number of likely N-dealkylation sites (tertiary alicyclic amines) is 1. The molecule has 3 aromatic rings. The van der Waals surface area contributed by atoms with Gasteiger partial charge in [-0.15, -0.1) is 11.3 Å². The fraction of sp³-hybridized carbons (Fsp3) is 0.481. The summed E-state index contributed by atoms with van der Waals surface area (Å²) < 4.78 is 14.5. The molecule has 0 bridgehead atoms. The molecular weight excluding hydrogens is 462 g/mol. The molecule has 4 rings (SSSR count). The van der Waals surface area contributed by atoms with Gasteiger partial charge in [0, 0.05) is 26.2 Å². The average molecular weight is 498 g/mol. The van der Waals surface area contributed by atoms with Gasteiger partial charge < -0.3 is 24.3 Å². The summed E-state index contributed by atoms with van der Waals surface area (Å²) in [5, 5.41) is 5.13. The summed E-state index contributed by atoms with van der Waals surface area (Å²) in [6, 6.07) is 9.97. The highest BCUT2D eigenvalue weighted by atomic mass is 32.1. The Morgan fingerprint density at radius 1 is 1.09 bits per heavy atom. The Labute approximate surface area is 211 Å². The van der Waals surface area contributed by atoms with Crippen LogP contribution in [0.5, 0.6) is 11.5 Å². The van der Waals surface area contributed by atoms with E-state index in [1.807, 2.05) is 43.0 Å². The van der Waals surface area contributed by atoms with E-state index in [9.17, 15) is 9.59 Å². The Morgan fingerprint density at radius 3 is 2.66 bits per heavy atom. The van der Waals surface area contributed by atoms with Crippen LogP contribution in [-0.2, 0) is 17.8 Å². The first-order valence-electron chi connectivity index (χ1n) is 12.6. The number of hydrogen-bond donors (Lipinski definition) is 1. The van der Waals surface area contributed by atoms with Crippen molar-refractivity contribution in [3.63, 3.8) is 0 Å². The van der Waals surface area contributed by atoms with Crippen LogP contribution in [0.3, 0.4) is 0 Å². The van der Waals surface area contributed by atoms with Gasteiger partial charge in [-0.05, 0) is 75.2 Å². The minimum atomic E-state index is -0.182. The molecular formula is C27H35N3O4S. The van der Waals surface area contributed by atoms with Crippen LogP contribution in [-0.4, -0.2) is 54.1 Å². The SMILES string of the molecule is CCOc1ccc(CCNC(=O)[C@@H]2CCCN(C(=O)c3cc4sccc4n3CC)C2)cc1OCC. The third kappa shape index (κ3) is 5.64. The number of ether oxygens (including phenoxy) is 2. The first-order chi connectivity index (χ1) is 17.0. The molecule has 1 aliphatic heterocycles. The summed E-state index contributed by atoms with van der Waals surface area (Å²) in [7, 11) is 0. The monoisotopic (exact) mass is 497 g/mol. The zero-order valence-corrected chi connectivity index (χ0v) is 21.7. The van der Waals surface area contributed by atoms with Crippen molar-refractivity contribution in [1.82, 2.24) is 14.8 Å². The Hall–Kier alpha value is -3.00. The van der Waals surface area contributed by atoms with Crippen LogP contribution in [0.2, 0.25) is 0 Å². The van der Waals surface area contributed by atoms with Crippen molar-refractivity contribution in [1.29, 1.82) is 0 Å². The number of fused-ring (bicyclic) bond motifs is 1. The maximum absolute atomic E-state index is 13.3. The van der Waals surface area contributed by atoms with E-state index in [-0.39, 0.29) is 17.7 Å². The van der Waals surface area contributed by atoms with Crippen molar-refractivity contribution in [2.45, 2.75) is 46.6 Å². The standard InChI is InChI=1S/C27H35N3O4S/c1-4-30-21-12-15-35-25(21)17-22(30)27(32)29-14-7-8-20(18-29)26(31)28-13-11-19-9-10-23(33-5-2)24(16-19)34-6-3/h9-10,12,15-17,20H,4-8,11,13-14,18H2,1-3H3,(H,28,31)/t20-/m1/s1. The van der Waals surface area contributed by atoms with Crippen LogP contribution in [0.1, 0.15) is 49.7 Å². The first-order valence-corrected chi connectivity index (χ1v) is 13.5. The summed E-state index contributed by atoms with van der Waals surface area (Å²) in [4.78, 5) is 28.1. The van der Waals surface area contributed by atoms with E-state index >= 15 is 0 Å². The maximum atomic E-state index is 13.3. The highest BCUT2D eigenvalue weighted by Gasteiger charge is 2.30. The third-order valence-corrected chi connectivity index (χ3v) is 7.31. The number of piperidine rings is 1. The lowest BCUT2D eigenvalue weighted by Crippen LogP contribution is -2.46. The van der Waals surface area contributed by atoms with Crippen molar-refractivity contribution < 1.29 is 19.1 Å². The Balaban J connectivity index is 1.33. The zero-order valence-electron chi connectivity index (χ0n) is 20.8. The van der Waals surface area contributed by atoms with Crippen LogP contribution in [0, 0.1) is 5.92 Å². The van der Waals surface area contributed by atoms with E-state index in [2.05, 4.69) is 28.3 Å². The lowest BCUT2D eigenvalue weighted by Gasteiger charge is -2.32. The molecule has 2 amide bonds. The van der Waals surface area contributed by atoms with Gasteiger partial charge in [-0.3, -0.25) is 9.59 Å². The molecule has 3 heterocycles. The van der Waals surface area contributed by atoms with Crippen LogP contribution in [0.15, 0.2) is 35.7 Å². The fourth-order valence-electron chi connectivity index (χ4n) is 4.76. The second kappa shape index (κ2) is 11.6. The quantitative estimate of drug-likeness (QED) is 0.440. The largest absolute Gasteiger partial charge is 0.490 e. The molecule has 0 saturated carbocycles. The van der Waals surface area contributed by atoms with Gasteiger partial charge >= 0.3 is 0 Å². The second-order valence-electron chi connectivity index (χ2n) is 8.72. The van der Waals surface area contributed by atoms with Crippen LogP contribution in [0.4, 0.5) is 0 Å². The van der Waals surface area contributed by atoms with E-state index in [0.717, 1.165) is 52.4 Å². The molecule has 1 N–H and O–H groups in total. The highest BCUT2D eigenvalue weighted by molar-refractivity contribution is 7.17. The van der Waals surface area contributed by atoms with Gasteiger partial charge in [-0.25, -0.2) is 0 Å². The van der Waals surface area contributed by atoms with Crippen molar-refractivity contribution in [3.8, 4) is 11.5 Å². The molecule has 1 atom stereocenters. The molecule has 188 valence electrons. The van der Waals surface area contributed by atoms with E-state index < -0.39 is 0 Å². The number of carbonyl (C=O) groups excluding carboxylic acids is 2. The third-order valence-electron chi connectivity index (χ3n) is 6.46. The minimum Gasteiger partial charge on any atom is -0.490 e. The predicted molar refractivity (Wildman–Crippen MR) is 140 cm³/mol. The van der Waals surface area contributed by atoms with Gasteiger partial charge in [-0.1, -0.05) is 6.07 Å². The summed E-state index contributed by atoms with van der Waals surface area (Å²) in [6.07, 6.45) is 2.34. The Bertz CT molecular complexity index is 1170. The van der Waals surface area contributed by atoms with Crippen molar-refractivity contribution in [3.05, 3.63) is 47.0 Å². The minimum absolute atomic E-state index is 0.0188. The molecule has 1 aliphatic rings. The maximum Gasteiger partial charge on any atom is 0.270 e. The second-order valence-corrected chi connectivity index (χ2v) is 9.67.